The maximum atomic E-state index is 13.6. The third kappa shape index (κ3) is 3.96. The van der Waals surface area contributed by atoms with E-state index < -0.39 is 24.6 Å². The molecular formula is C12H16F4N2. The molecule has 0 heterocycles. The summed E-state index contributed by atoms with van der Waals surface area (Å²) in [5.41, 5.74) is 5.69. The van der Waals surface area contributed by atoms with E-state index in [1.807, 2.05) is 0 Å². The molecule has 1 aromatic carbocycles. The van der Waals surface area contributed by atoms with Crippen LogP contribution in [0.5, 0.6) is 0 Å². The molecule has 1 atom stereocenters. The Bertz CT molecular complexity index is 379. The highest BCUT2D eigenvalue weighted by atomic mass is 19.4. The van der Waals surface area contributed by atoms with Crippen LogP contribution in [-0.4, -0.2) is 30.7 Å². The van der Waals surface area contributed by atoms with Crippen molar-refractivity contribution in [2.75, 3.05) is 19.6 Å². The Morgan fingerprint density at radius 2 is 1.89 bits per heavy atom. The van der Waals surface area contributed by atoms with Gasteiger partial charge in [0.2, 0.25) is 0 Å². The molecule has 1 unspecified atom stereocenters. The summed E-state index contributed by atoms with van der Waals surface area (Å²) < 4.78 is 50.9. The minimum Gasteiger partial charge on any atom is -0.329 e. The number of nitrogens with two attached hydrogens (primary N) is 1. The summed E-state index contributed by atoms with van der Waals surface area (Å²) in [6.45, 7) is 0.579. The Labute approximate surface area is 103 Å². The van der Waals surface area contributed by atoms with Crippen LogP contribution in [0.15, 0.2) is 24.3 Å². The first-order valence-electron chi connectivity index (χ1n) is 5.64. The zero-order valence-electron chi connectivity index (χ0n) is 10.0. The second-order valence-corrected chi connectivity index (χ2v) is 3.95. The summed E-state index contributed by atoms with van der Waals surface area (Å²) in [6, 6.07) is 5.00. The van der Waals surface area contributed by atoms with Gasteiger partial charge in [0, 0.05) is 12.1 Å². The minimum atomic E-state index is -4.32. The molecule has 1 rings (SSSR count). The Hall–Kier alpha value is -1.14. The van der Waals surface area contributed by atoms with Crippen LogP contribution in [0.2, 0.25) is 0 Å². The standard InChI is InChI=1S/C12H16F4N2/c1-2-18(8-12(14,15)16)11(7-17)9-5-3-4-6-10(9)13/h3-6,11H,2,7-8,17H2,1H3. The van der Waals surface area contributed by atoms with Crippen LogP contribution in [0.1, 0.15) is 18.5 Å². The normalized spacial score (nSPS) is 13.9. The number of hydrogen-bond donors (Lipinski definition) is 1. The Morgan fingerprint density at radius 3 is 2.33 bits per heavy atom. The summed E-state index contributed by atoms with van der Waals surface area (Å²) in [5, 5.41) is 0. The van der Waals surface area contributed by atoms with Crippen molar-refractivity contribution in [3.05, 3.63) is 35.6 Å². The lowest BCUT2D eigenvalue weighted by atomic mass is 10.0. The fourth-order valence-electron chi connectivity index (χ4n) is 1.89. The third-order valence-electron chi connectivity index (χ3n) is 2.72. The first kappa shape index (κ1) is 14.9. The molecule has 1 aromatic rings. The summed E-state index contributed by atoms with van der Waals surface area (Å²) in [7, 11) is 0. The van der Waals surface area contributed by atoms with E-state index in [1.165, 1.54) is 18.2 Å². The van der Waals surface area contributed by atoms with Gasteiger partial charge in [-0.05, 0) is 12.6 Å². The van der Waals surface area contributed by atoms with Gasteiger partial charge in [0.25, 0.3) is 0 Å². The molecule has 0 aromatic heterocycles. The number of rotatable bonds is 5. The molecule has 0 saturated carbocycles. The molecule has 0 aliphatic heterocycles. The third-order valence-corrected chi connectivity index (χ3v) is 2.72. The van der Waals surface area contributed by atoms with Gasteiger partial charge in [-0.15, -0.1) is 0 Å². The molecule has 6 heteroatoms. The minimum absolute atomic E-state index is 0.0646. The SMILES string of the molecule is CCN(CC(F)(F)F)C(CN)c1ccccc1F. The average molecular weight is 264 g/mol. The van der Waals surface area contributed by atoms with E-state index in [1.54, 1.807) is 13.0 Å². The molecule has 0 saturated heterocycles. The Balaban J connectivity index is 2.97. The quantitative estimate of drug-likeness (QED) is 0.828. The predicted molar refractivity (Wildman–Crippen MR) is 61.5 cm³/mol. The van der Waals surface area contributed by atoms with Crippen molar-refractivity contribution in [3.8, 4) is 0 Å². The molecule has 102 valence electrons. The number of nitrogens with zero attached hydrogens (tertiary/aromatic N) is 1. The topological polar surface area (TPSA) is 29.3 Å². The Kier molecular flexibility index (Phi) is 5.10. The lowest BCUT2D eigenvalue weighted by Gasteiger charge is -2.31. The van der Waals surface area contributed by atoms with Crippen molar-refractivity contribution in [1.82, 2.24) is 4.90 Å². The van der Waals surface area contributed by atoms with E-state index in [0.29, 0.717) is 0 Å². The smallest absolute Gasteiger partial charge is 0.329 e. The summed E-state index contributed by atoms with van der Waals surface area (Å²) in [4.78, 5) is 1.12. The van der Waals surface area contributed by atoms with Crippen LogP contribution >= 0.6 is 0 Å². The highest BCUT2D eigenvalue weighted by Crippen LogP contribution is 2.26. The van der Waals surface area contributed by atoms with Crippen LogP contribution in [0.25, 0.3) is 0 Å². The highest BCUT2D eigenvalue weighted by molar-refractivity contribution is 5.21. The highest BCUT2D eigenvalue weighted by Gasteiger charge is 2.33. The Morgan fingerprint density at radius 1 is 1.28 bits per heavy atom. The van der Waals surface area contributed by atoms with Crippen molar-refractivity contribution in [2.45, 2.75) is 19.1 Å². The van der Waals surface area contributed by atoms with Gasteiger partial charge in [0.05, 0.1) is 12.6 Å². The van der Waals surface area contributed by atoms with Crippen molar-refractivity contribution in [3.63, 3.8) is 0 Å². The second-order valence-electron chi connectivity index (χ2n) is 3.95. The number of hydrogen-bond acceptors (Lipinski definition) is 2. The van der Waals surface area contributed by atoms with Gasteiger partial charge in [-0.3, -0.25) is 4.90 Å². The first-order valence-corrected chi connectivity index (χ1v) is 5.64. The van der Waals surface area contributed by atoms with E-state index >= 15 is 0 Å². The van der Waals surface area contributed by atoms with E-state index in [-0.39, 0.29) is 18.7 Å². The maximum Gasteiger partial charge on any atom is 0.401 e. The van der Waals surface area contributed by atoms with Gasteiger partial charge in [-0.2, -0.15) is 13.2 Å². The van der Waals surface area contributed by atoms with Gasteiger partial charge in [-0.1, -0.05) is 25.1 Å². The van der Waals surface area contributed by atoms with Crippen molar-refractivity contribution >= 4 is 0 Å². The predicted octanol–water partition coefficient (Wildman–Crippen LogP) is 2.71. The van der Waals surface area contributed by atoms with Crippen molar-refractivity contribution in [2.24, 2.45) is 5.73 Å². The van der Waals surface area contributed by atoms with Gasteiger partial charge in [-0.25, -0.2) is 4.39 Å². The molecule has 0 spiro atoms. The summed E-state index contributed by atoms with van der Waals surface area (Å²) in [5.74, 6) is -0.534. The molecule has 0 amide bonds. The van der Waals surface area contributed by atoms with Crippen molar-refractivity contribution in [1.29, 1.82) is 0 Å². The van der Waals surface area contributed by atoms with Gasteiger partial charge >= 0.3 is 6.18 Å². The van der Waals surface area contributed by atoms with E-state index in [4.69, 9.17) is 5.73 Å². The fraction of sp³-hybridized carbons (Fsp3) is 0.500. The zero-order valence-corrected chi connectivity index (χ0v) is 10.0. The molecule has 2 nitrogen and oxygen atoms in total. The zero-order chi connectivity index (χ0) is 13.8. The number of likely N-dealkylation sites (N-methyl/N-ethyl adjacent to an activating group) is 1. The molecule has 0 radical (unpaired) electrons. The molecule has 18 heavy (non-hydrogen) atoms. The van der Waals surface area contributed by atoms with Gasteiger partial charge < -0.3 is 5.73 Å². The second kappa shape index (κ2) is 6.15. The largest absolute Gasteiger partial charge is 0.401 e. The van der Waals surface area contributed by atoms with Gasteiger partial charge in [0.15, 0.2) is 0 Å². The van der Waals surface area contributed by atoms with Crippen LogP contribution in [0.4, 0.5) is 17.6 Å². The molecule has 0 aliphatic rings. The van der Waals surface area contributed by atoms with Crippen LogP contribution < -0.4 is 5.73 Å². The van der Waals surface area contributed by atoms with E-state index in [0.717, 1.165) is 4.90 Å². The molecule has 0 fully saturated rings. The van der Waals surface area contributed by atoms with Crippen LogP contribution in [0, 0.1) is 5.82 Å². The van der Waals surface area contributed by atoms with Crippen LogP contribution in [-0.2, 0) is 0 Å². The molecule has 0 aliphatic carbocycles. The first-order chi connectivity index (χ1) is 8.39. The molecule has 0 bridgehead atoms. The van der Waals surface area contributed by atoms with E-state index in [9.17, 15) is 17.6 Å². The molecular weight excluding hydrogens is 248 g/mol. The lowest BCUT2D eigenvalue weighted by molar-refractivity contribution is -0.150. The summed E-state index contributed by atoms with van der Waals surface area (Å²) >= 11 is 0. The number of alkyl halides is 3. The van der Waals surface area contributed by atoms with Crippen LogP contribution in [0.3, 0.4) is 0 Å². The fourth-order valence-corrected chi connectivity index (χ4v) is 1.89. The number of benzene rings is 1. The van der Waals surface area contributed by atoms with Crippen molar-refractivity contribution < 1.29 is 17.6 Å². The number of halogens is 4. The molecule has 2 N–H and O–H groups in total. The summed E-state index contributed by atoms with van der Waals surface area (Å²) in [6.07, 6.45) is -4.32. The van der Waals surface area contributed by atoms with Gasteiger partial charge in [0.1, 0.15) is 5.82 Å². The lowest BCUT2D eigenvalue weighted by Crippen LogP contribution is -2.40. The maximum absolute atomic E-state index is 13.6. The van der Waals surface area contributed by atoms with E-state index in [2.05, 4.69) is 0 Å². The monoisotopic (exact) mass is 264 g/mol. The average Bonchev–Trinajstić information content (AvgIpc) is 2.29.